The Kier molecular flexibility index (Phi) is 5.94. The molecule has 0 amide bonds. The summed E-state index contributed by atoms with van der Waals surface area (Å²) in [6.07, 6.45) is 0. The first-order chi connectivity index (χ1) is 9.27. The van der Waals surface area contributed by atoms with Crippen LogP contribution in [0, 0.1) is 0 Å². The number of sulfonamides is 1. The standard InChI is InChI=1S/C12H17ClN2O4S/c1-15(2)7-6-14-20(17,18)9-4-5-11(13)10(8-9)12(16)19-3/h4-5,8,14H,6-7H2,1-3H3. The Labute approximate surface area is 123 Å². The van der Waals surface area contributed by atoms with Crippen molar-refractivity contribution in [2.45, 2.75) is 4.90 Å². The molecule has 0 aliphatic heterocycles. The van der Waals surface area contributed by atoms with Crippen LogP contribution in [0.4, 0.5) is 0 Å². The van der Waals surface area contributed by atoms with Crippen molar-refractivity contribution in [1.82, 2.24) is 9.62 Å². The lowest BCUT2D eigenvalue weighted by Gasteiger charge is -2.11. The van der Waals surface area contributed by atoms with E-state index in [-0.39, 0.29) is 22.0 Å². The van der Waals surface area contributed by atoms with Crippen molar-refractivity contribution < 1.29 is 17.9 Å². The topological polar surface area (TPSA) is 75.7 Å². The van der Waals surface area contributed by atoms with Crippen LogP contribution in [0.5, 0.6) is 0 Å². The van der Waals surface area contributed by atoms with Crippen LogP contribution in [0.3, 0.4) is 0 Å². The van der Waals surface area contributed by atoms with E-state index in [2.05, 4.69) is 9.46 Å². The summed E-state index contributed by atoms with van der Waals surface area (Å²) in [6, 6.07) is 3.90. The maximum Gasteiger partial charge on any atom is 0.339 e. The molecular formula is C12H17ClN2O4S. The van der Waals surface area contributed by atoms with Crippen molar-refractivity contribution >= 4 is 27.6 Å². The van der Waals surface area contributed by atoms with Gasteiger partial charge in [-0.3, -0.25) is 0 Å². The van der Waals surface area contributed by atoms with Crippen LogP contribution in [0.2, 0.25) is 5.02 Å². The molecule has 1 N–H and O–H groups in total. The molecule has 0 radical (unpaired) electrons. The fourth-order valence-electron chi connectivity index (χ4n) is 1.42. The number of nitrogens with one attached hydrogen (secondary N) is 1. The van der Waals surface area contributed by atoms with Crippen LogP contribution in [0.25, 0.3) is 0 Å². The highest BCUT2D eigenvalue weighted by Gasteiger charge is 2.18. The van der Waals surface area contributed by atoms with Gasteiger partial charge in [0.1, 0.15) is 0 Å². The van der Waals surface area contributed by atoms with Crippen molar-refractivity contribution in [2.75, 3.05) is 34.3 Å². The van der Waals surface area contributed by atoms with E-state index in [1.807, 2.05) is 19.0 Å². The molecule has 8 heteroatoms. The summed E-state index contributed by atoms with van der Waals surface area (Å²) in [5, 5.41) is 0.143. The molecular weight excluding hydrogens is 304 g/mol. The van der Waals surface area contributed by atoms with E-state index in [1.165, 1.54) is 25.3 Å². The number of halogens is 1. The second kappa shape index (κ2) is 7.03. The van der Waals surface area contributed by atoms with E-state index in [4.69, 9.17) is 11.6 Å². The van der Waals surface area contributed by atoms with E-state index in [1.54, 1.807) is 0 Å². The molecule has 6 nitrogen and oxygen atoms in total. The lowest BCUT2D eigenvalue weighted by Crippen LogP contribution is -2.31. The van der Waals surface area contributed by atoms with Crippen LogP contribution < -0.4 is 4.72 Å². The van der Waals surface area contributed by atoms with Crippen molar-refractivity contribution in [1.29, 1.82) is 0 Å². The first-order valence-electron chi connectivity index (χ1n) is 5.80. The van der Waals surface area contributed by atoms with Crippen molar-refractivity contribution in [3.8, 4) is 0 Å². The monoisotopic (exact) mass is 320 g/mol. The number of esters is 1. The van der Waals surface area contributed by atoms with Gasteiger partial charge in [-0.1, -0.05) is 11.6 Å². The molecule has 20 heavy (non-hydrogen) atoms. The lowest BCUT2D eigenvalue weighted by atomic mass is 10.2. The molecule has 0 saturated heterocycles. The summed E-state index contributed by atoms with van der Waals surface area (Å²) < 4.78 is 31.1. The van der Waals surface area contributed by atoms with Gasteiger partial charge in [-0.05, 0) is 32.3 Å². The van der Waals surface area contributed by atoms with E-state index in [0.717, 1.165) is 0 Å². The second-order valence-electron chi connectivity index (χ2n) is 4.33. The summed E-state index contributed by atoms with van der Waals surface area (Å²) in [4.78, 5) is 13.3. The summed E-state index contributed by atoms with van der Waals surface area (Å²) in [5.74, 6) is -0.680. The number of likely N-dealkylation sites (N-methyl/N-ethyl adjacent to an activating group) is 1. The number of carbonyl (C=O) groups is 1. The average molecular weight is 321 g/mol. The summed E-state index contributed by atoms with van der Waals surface area (Å²) in [7, 11) is 1.20. The SMILES string of the molecule is COC(=O)c1cc(S(=O)(=O)NCCN(C)C)ccc1Cl. The Balaban J connectivity index is 2.98. The molecule has 0 aliphatic rings. The molecule has 0 spiro atoms. The summed E-state index contributed by atoms with van der Waals surface area (Å²) in [6.45, 7) is 0.836. The number of nitrogens with zero attached hydrogens (tertiary/aromatic N) is 1. The molecule has 1 rings (SSSR count). The first-order valence-corrected chi connectivity index (χ1v) is 7.66. The third-order valence-electron chi connectivity index (χ3n) is 2.50. The van der Waals surface area contributed by atoms with Crippen molar-refractivity contribution in [2.24, 2.45) is 0 Å². The van der Waals surface area contributed by atoms with Crippen LogP contribution >= 0.6 is 11.6 Å². The van der Waals surface area contributed by atoms with Gasteiger partial charge in [-0.2, -0.15) is 0 Å². The van der Waals surface area contributed by atoms with E-state index < -0.39 is 16.0 Å². The van der Waals surface area contributed by atoms with E-state index in [0.29, 0.717) is 6.54 Å². The van der Waals surface area contributed by atoms with E-state index >= 15 is 0 Å². The van der Waals surface area contributed by atoms with Gasteiger partial charge in [0.25, 0.3) is 0 Å². The highest BCUT2D eigenvalue weighted by atomic mass is 35.5. The Bertz CT molecular complexity index is 587. The second-order valence-corrected chi connectivity index (χ2v) is 6.51. The molecule has 0 saturated carbocycles. The number of rotatable bonds is 6. The van der Waals surface area contributed by atoms with Crippen LogP contribution in [-0.2, 0) is 14.8 Å². The fourth-order valence-corrected chi connectivity index (χ4v) is 2.67. The third-order valence-corrected chi connectivity index (χ3v) is 4.29. The average Bonchev–Trinajstić information content (AvgIpc) is 2.37. The highest BCUT2D eigenvalue weighted by molar-refractivity contribution is 7.89. The molecule has 0 fully saturated rings. The van der Waals surface area contributed by atoms with Gasteiger partial charge < -0.3 is 9.64 Å². The fraction of sp³-hybridized carbons (Fsp3) is 0.417. The highest BCUT2D eigenvalue weighted by Crippen LogP contribution is 2.21. The van der Waals surface area contributed by atoms with Gasteiger partial charge in [-0.25, -0.2) is 17.9 Å². The summed E-state index contributed by atoms with van der Waals surface area (Å²) in [5.41, 5.74) is 0.0182. The van der Waals surface area contributed by atoms with E-state index in [9.17, 15) is 13.2 Å². The maximum atomic E-state index is 12.1. The predicted molar refractivity (Wildman–Crippen MR) is 76.5 cm³/mol. The Hall–Kier alpha value is -1.15. The molecule has 0 bridgehead atoms. The first kappa shape index (κ1) is 16.9. The quantitative estimate of drug-likeness (QED) is 0.790. The zero-order valence-electron chi connectivity index (χ0n) is 11.5. The van der Waals surface area contributed by atoms with Gasteiger partial charge in [0.05, 0.1) is 22.6 Å². The summed E-state index contributed by atoms with van der Waals surface area (Å²) >= 11 is 5.84. The van der Waals surface area contributed by atoms with Gasteiger partial charge in [-0.15, -0.1) is 0 Å². The van der Waals surface area contributed by atoms with Gasteiger partial charge in [0, 0.05) is 13.1 Å². The molecule has 112 valence electrons. The van der Waals surface area contributed by atoms with Crippen molar-refractivity contribution in [3.63, 3.8) is 0 Å². The Morgan fingerprint density at radius 1 is 1.40 bits per heavy atom. The largest absolute Gasteiger partial charge is 0.465 e. The maximum absolute atomic E-state index is 12.1. The predicted octanol–water partition coefficient (Wildman–Crippen LogP) is 0.967. The minimum atomic E-state index is -3.68. The van der Waals surface area contributed by atoms with Gasteiger partial charge >= 0.3 is 5.97 Å². The zero-order valence-corrected chi connectivity index (χ0v) is 13.1. The number of carbonyl (C=O) groups excluding carboxylic acids is 1. The Morgan fingerprint density at radius 2 is 2.05 bits per heavy atom. The molecule has 0 unspecified atom stereocenters. The minimum absolute atomic E-state index is 0.0182. The Morgan fingerprint density at radius 3 is 2.60 bits per heavy atom. The number of benzene rings is 1. The zero-order chi connectivity index (χ0) is 15.3. The molecule has 1 aromatic carbocycles. The van der Waals surface area contributed by atoms with Crippen LogP contribution in [0.15, 0.2) is 23.1 Å². The number of hydrogen-bond donors (Lipinski definition) is 1. The smallest absolute Gasteiger partial charge is 0.339 e. The number of ether oxygens (including phenoxy) is 1. The third kappa shape index (κ3) is 4.45. The lowest BCUT2D eigenvalue weighted by molar-refractivity contribution is 0.0600. The van der Waals surface area contributed by atoms with Gasteiger partial charge in [0.2, 0.25) is 10.0 Å². The number of methoxy groups -OCH3 is 1. The normalized spacial score (nSPS) is 11.7. The molecule has 0 aliphatic carbocycles. The number of hydrogen-bond acceptors (Lipinski definition) is 5. The molecule has 0 heterocycles. The van der Waals surface area contributed by atoms with Crippen molar-refractivity contribution in [3.05, 3.63) is 28.8 Å². The minimum Gasteiger partial charge on any atom is -0.465 e. The van der Waals surface area contributed by atoms with Crippen LogP contribution in [-0.4, -0.2) is 53.6 Å². The van der Waals surface area contributed by atoms with Crippen LogP contribution in [0.1, 0.15) is 10.4 Å². The van der Waals surface area contributed by atoms with Gasteiger partial charge in [0.15, 0.2) is 0 Å². The molecule has 0 aromatic heterocycles. The molecule has 1 aromatic rings. The molecule has 0 atom stereocenters.